The number of allylic oxidation sites excluding steroid dienone is 2. The highest BCUT2D eigenvalue weighted by molar-refractivity contribution is 7.91. The predicted molar refractivity (Wildman–Crippen MR) is 109 cm³/mol. The lowest BCUT2D eigenvalue weighted by atomic mass is 9.79. The van der Waals surface area contributed by atoms with Crippen molar-refractivity contribution in [1.29, 1.82) is 5.26 Å². The molecule has 166 valence electrons. The molecular weight excluding hydrogens is 445 g/mol. The molecule has 10 heteroatoms. The molecule has 1 aliphatic heterocycles. The van der Waals surface area contributed by atoms with Crippen LogP contribution in [0.2, 0.25) is 0 Å². The maximum atomic E-state index is 13.7. The second-order valence-electron chi connectivity index (χ2n) is 7.06. The third-order valence-electron chi connectivity index (χ3n) is 5.01. The second kappa shape index (κ2) is 8.51. The van der Waals surface area contributed by atoms with Gasteiger partial charge in [0.25, 0.3) is 0 Å². The Bertz CT molecular complexity index is 1270. The number of alkyl halides is 3. The molecular formula is C22H17F3N2O4S. The SMILES string of the molecule is CC1=C(C#N)C(c2ccccc2C(F)(F)F)C(C(=O)O)=C(CS(=O)(=O)c2ccccc2)N1. The van der Waals surface area contributed by atoms with Crippen LogP contribution in [0.25, 0.3) is 0 Å². The number of dihydropyridines is 1. The van der Waals surface area contributed by atoms with Crippen molar-refractivity contribution in [3.8, 4) is 6.07 Å². The maximum absolute atomic E-state index is 13.7. The fourth-order valence-electron chi connectivity index (χ4n) is 3.63. The van der Waals surface area contributed by atoms with Gasteiger partial charge in [-0.1, -0.05) is 36.4 Å². The van der Waals surface area contributed by atoms with Gasteiger partial charge in [0.15, 0.2) is 9.84 Å². The van der Waals surface area contributed by atoms with Gasteiger partial charge in [-0.15, -0.1) is 0 Å². The third kappa shape index (κ3) is 4.38. The van der Waals surface area contributed by atoms with E-state index in [0.29, 0.717) is 0 Å². The van der Waals surface area contributed by atoms with Crippen LogP contribution in [0.1, 0.15) is 24.0 Å². The number of nitriles is 1. The number of hydrogen-bond donors (Lipinski definition) is 2. The van der Waals surface area contributed by atoms with Crippen molar-refractivity contribution in [1.82, 2.24) is 5.32 Å². The van der Waals surface area contributed by atoms with Crippen molar-refractivity contribution in [2.75, 3.05) is 5.75 Å². The van der Waals surface area contributed by atoms with E-state index in [-0.39, 0.29) is 21.9 Å². The number of carboxylic acids is 1. The summed E-state index contributed by atoms with van der Waals surface area (Å²) in [5.74, 6) is -4.02. The smallest absolute Gasteiger partial charge is 0.416 e. The van der Waals surface area contributed by atoms with E-state index in [1.165, 1.54) is 37.3 Å². The summed E-state index contributed by atoms with van der Waals surface area (Å²) in [6, 6.07) is 13.4. The molecule has 0 aromatic heterocycles. The number of halogens is 3. The fourth-order valence-corrected chi connectivity index (χ4v) is 4.98. The molecule has 0 spiro atoms. The fraction of sp³-hybridized carbons (Fsp3) is 0.182. The van der Waals surface area contributed by atoms with Crippen LogP contribution >= 0.6 is 0 Å². The van der Waals surface area contributed by atoms with Crippen LogP contribution in [0.3, 0.4) is 0 Å². The van der Waals surface area contributed by atoms with E-state index >= 15 is 0 Å². The number of nitrogens with zero attached hydrogens (tertiary/aromatic N) is 1. The van der Waals surface area contributed by atoms with Crippen molar-refractivity contribution in [3.05, 3.63) is 88.3 Å². The van der Waals surface area contributed by atoms with E-state index in [1.54, 1.807) is 12.1 Å². The normalized spacial score (nSPS) is 17.0. The van der Waals surface area contributed by atoms with Crippen LogP contribution in [-0.4, -0.2) is 25.2 Å². The van der Waals surface area contributed by atoms with Crippen molar-refractivity contribution in [2.24, 2.45) is 0 Å². The van der Waals surface area contributed by atoms with Gasteiger partial charge in [-0.05, 0) is 30.7 Å². The number of sulfone groups is 1. The van der Waals surface area contributed by atoms with Gasteiger partial charge >= 0.3 is 12.1 Å². The molecule has 0 saturated carbocycles. The Hall–Kier alpha value is -3.58. The monoisotopic (exact) mass is 462 g/mol. The second-order valence-corrected chi connectivity index (χ2v) is 9.05. The number of nitrogens with one attached hydrogen (secondary N) is 1. The predicted octanol–water partition coefficient (Wildman–Crippen LogP) is 4.00. The van der Waals surface area contributed by atoms with Gasteiger partial charge in [0.05, 0.1) is 39.3 Å². The topological polar surface area (TPSA) is 107 Å². The van der Waals surface area contributed by atoms with E-state index in [9.17, 15) is 36.8 Å². The molecule has 0 saturated heterocycles. The summed E-state index contributed by atoms with van der Waals surface area (Å²) in [5, 5.41) is 22.1. The Morgan fingerprint density at radius 1 is 1.12 bits per heavy atom. The molecule has 0 fully saturated rings. The Morgan fingerprint density at radius 3 is 2.28 bits per heavy atom. The number of aliphatic carboxylic acids is 1. The first-order valence-electron chi connectivity index (χ1n) is 9.25. The van der Waals surface area contributed by atoms with Crippen molar-refractivity contribution >= 4 is 15.8 Å². The highest BCUT2D eigenvalue weighted by atomic mass is 32.2. The van der Waals surface area contributed by atoms with Crippen molar-refractivity contribution in [2.45, 2.75) is 23.9 Å². The number of carbonyl (C=O) groups is 1. The van der Waals surface area contributed by atoms with Gasteiger partial charge in [-0.3, -0.25) is 0 Å². The minimum absolute atomic E-state index is 0.0704. The quantitative estimate of drug-likeness (QED) is 0.696. The highest BCUT2D eigenvalue weighted by Crippen LogP contribution is 2.43. The largest absolute Gasteiger partial charge is 0.478 e. The Morgan fingerprint density at radius 2 is 1.72 bits per heavy atom. The van der Waals surface area contributed by atoms with Crippen LogP contribution in [0, 0.1) is 11.3 Å². The molecule has 2 aromatic rings. The van der Waals surface area contributed by atoms with Gasteiger partial charge in [-0.2, -0.15) is 18.4 Å². The molecule has 32 heavy (non-hydrogen) atoms. The Kier molecular flexibility index (Phi) is 6.14. The van der Waals surface area contributed by atoms with Crippen molar-refractivity contribution in [3.63, 3.8) is 0 Å². The molecule has 2 N–H and O–H groups in total. The van der Waals surface area contributed by atoms with Crippen LogP contribution in [0.4, 0.5) is 13.2 Å². The zero-order valence-corrected chi connectivity index (χ0v) is 17.5. The summed E-state index contributed by atoms with van der Waals surface area (Å²) in [4.78, 5) is 12.1. The summed E-state index contributed by atoms with van der Waals surface area (Å²) in [5.41, 5.74) is -2.61. The van der Waals surface area contributed by atoms with Crippen LogP contribution in [-0.2, 0) is 20.8 Å². The van der Waals surface area contributed by atoms with E-state index in [1.807, 2.05) is 0 Å². The summed E-state index contributed by atoms with van der Waals surface area (Å²) < 4.78 is 66.8. The Balaban J connectivity index is 2.25. The van der Waals surface area contributed by atoms with E-state index in [0.717, 1.165) is 18.2 Å². The molecule has 0 amide bonds. The molecule has 1 aliphatic rings. The van der Waals surface area contributed by atoms with Crippen LogP contribution in [0.5, 0.6) is 0 Å². The number of rotatable bonds is 5. The lowest BCUT2D eigenvalue weighted by molar-refractivity contribution is -0.139. The summed E-state index contributed by atoms with van der Waals surface area (Å²) >= 11 is 0. The maximum Gasteiger partial charge on any atom is 0.416 e. The number of benzene rings is 2. The van der Waals surface area contributed by atoms with Gasteiger partial charge in [0, 0.05) is 11.4 Å². The average Bonchev–Trinajstić information content (AvgIpc) is 2.72. The van der Waals surface area contributed by atoms with E-state index < -0.39 is 50.4 Å². The standard InChI is InChI=1S/C22H17F3N2O4S/c1-13-16(11-26)19(15-9-5-6-10-17(15)22(23,24)25)20(21(28)29)18(27-13)12-32(30,31)14-7-3-2-4-8-14/h2-10,19,27H,12H2,1H3,(H,28,29). The molecule has 1 atom stereocenters. The third-order valence-corrected chi connectivity index (χ3v) is 6.67. The first kappa shape index (κ1) is 23.1. The molecule has 6 nitrogen and oxygen atoms in total. The molecule has 0 bridgehead atoms. The van der Waals surface area contributed by atoms with Gasteiger partial charge in [-0.25, -0.2) is 13.2 Å². The van der Waals surface area contributed by atoms with E-state index in [4.69, 9.17) is 0 Å². The molecule has 1 heterocycles. The minimum atomic E-state index is -4.81. The average molecular weight is 462 g/mol. The lowest BCUT2D eigenvalue weighted by Gasteiger charge is -2.30. The number of hydrogen-bond acceptors (Lipinski definition) is 5. The zero-order chi connectivity index (χ0) is 23.7. The first-order chi connectivity index (χ1) is 15.0. The van der Waals surface area contributed by atoms with Gasteiger partial charge in [0.1, 0.15) is 0 Å². The van der Waals surface area contributed by atoms with E-state index in [2.05, 4.69) is 5.32 Å². The molecule has 2 aromatic carbocycles. The molecule has 0 radical (unpaired) electrons. The Labute approximate surface area is 182 Å². The molecule has 0 aliphatic carbocycles. The first-order valence-corrected chi connectivity index (χ1v) is 10.9. The minimum Gasteiger partial charge on any atom is -0.478 e. The summed E-state index contributed by atoms with van der Waals surface area (Å²) in [6.45, 7) is 1.38. The van der Waals surface area contributed by atoms with Crippen LogP contribution < -0.4 is 5.32 Å². The highest BCUT2D eigenvalue weighted by Gasteiger charge is 2.41. The van der Waals surface area contributed by atoms with Crippen molar-refractivity contribution < 1.29 is 31.5 Å². The van der Waals surface area contributed by atoms with Gasteiger partial charge in [0.2, 0.25) is 0 Å². The lowest BCUT2D eigenvalue weighted by Crippen LogP contribution is -2.33. The zero-order valence-electron chi connectivity index (χ0n) is 16.6. The number of carboxylic acid groups (broad SMARTS) is 1. The molecule has 3 rings (SSSR count). The summed E-state index contributed by atoms with van der Waals surface area (Å²) in [6.07, 6.45) is -4.81. The van der Waals surface area contributed by atoms with Gasteiger partial charge < -0.3 is 10.4 Å². The summed E-state index contributed by atoms with van der Waals surface area (Å²) in [7, 11) is -4.03. The van der Waals surface area contributed by atoms with Crippen LogP contribution in [0.15, 0.2) is 82.0 Å². The molecule has 1 unspecified atom stereocenters.